The Morgan fingerprint density at radius 1 is 1.00 bits per heavy atom. The molecule has 184 valence electrons. The molecule has 0 radical (unpaired) electrons. The van der Waals surface area contributed by atoms with Crippen molar-refractivity contribution < 1.29 is 33.6 Å². The highest BCUT2D eigenvalue weighted by atomic mass is 16.5. The molecule has 1 fully saturated rings. The van der Waals surface area contributed by atoms with E-state index < -0.39 is 12.1 Å². The summed E-state index contributed by atoms with van der Waals surface area (Å²) >= 11 is 0. The minimum atomic E-state index is -0.720. The van der Waals surface area contributed by atoms with Crippen molar-refractivity contribution in [2.45, 2.75) is 6.10 Å². The van der Waals surface area contributed by atoms with Gasteiger partial charge in [0, 0.05) is 32.7 Å². The van der Waals surface area contributed by atoms with Crippen LogP contribution in [0, 0.1) is 0 Å². The zero-order valence-corrected chi connectivity index (χ0v) is 19.2. The van der Waals surface area contributed by atoms with Gasteiger partial charge in [-0.3, -0.25) is 0 Å². The van der Waals surface area contributed by atoms with E-state index in [2.05, 4.69) is 10.6 Å². The van der Waals surface area contributed by atoms with Crippen LogP contribution in [0.15, 0.2) is 48.5 Å². The van der Waals surface area contributed by atoms with E-state index in [9.17, 15) is 14.7 Å². The first kappa shape index (κ1) is 25.3. The average Bonchev–Trinajstić information content (AvgIpc) is 2.88. The number of esters is 1. The lowest BCUT2D eigenvalue weighted by Crippen LogP contribution is -2.47. The quantitative estimate of drug-likeness (QED) is 0.254. The van der Waals surface area contributed by atoms with E-state index in [-0.39, 0.29) is 12.6 Å². The van der Waals surface area contributed by atoms with Crippen LogP contribution in [0.3, 0.4) is 0 Å². The third-order valence-corrected chi connectivity index (χ3v) is 5.06. The average molecular weight is 474 g/mol. The third-order valence-electron chi connectivity index (χ3n) is 5.06. The summed E-state index contributed by atoms with van der Waals surface area (Å²) in [4.78, 5) is 25.9. The summed E-state index contributed by atoms with van der Waals surface area (Å²) in [6.45, 7) is 3.73. The highest BCUT2D eigenvalue weighted by Gasteiger charge is 2.16. The van der Waals surface area contributed by atoms with Gasteiger partial charge in [0.15, 0.2) is 0 Å². The molecular formula is C24H31N3O7. The Kier molecular flexibility index (Phi) is 9.96. The van der Waals surface area contributed by atoms with E-state index in [0.29, 0.717) is 68.7 Å². The molecule has 1 aliphatic heterocycles. The van der Waals surface area contributed by atoms with Crippen LogP contribution in [0.25, 0.3) is 0 Å². The lowest BCUT2D eigenvalue weighted by atomic mass is 10.2. The van der Waals surface area contributed by atoms with E-state index in [0.717, 1.165) is 0 Å². The lowest BCUT2D eigenvalue weighted by Gasteiger charge is -2.27. The monoisotopic (exact) mass is 473 g/mol. The number of urea groups is 1. The smallest absolute Gasteiger partial charge is 0.343 e. The maximum Gasteiger partial charge on any atom is 0.343 e. The van der Waals surface area contributed by atoms with Gasteiger partial charge in [0.05, 0.1) is 25.9 Å². The first-order chi connectivity index (χ1) is 16.5. The molecule has 34 heavy (non-hydrogen) atoms. The van der Waals surface area contributed by atoms with Crippen molar-refractivity contribution in [3.63, 3.8) is 0 Å². The van der Waals surface area contributed by atoms with Crippen molar-refractivity contribution in [3.8, 4) is 17.2 Å². The number of aliphatic hydroxyl groups excluding tert-OH is 1. The van der Waals surface area contributed by atoms with Crippen LogP contribution in [-0.2, 0) is 4.74 Å². The van der Waals surface area contributed by atoms with Gasteiger partial charge < -0.3 is 39.6 Å². The van der Waals surface area contributed by atoms with Crippen molar-refractivity contribution >= 4 is 12.0 Å². The van der Waals surface area contributed by atoms with Crippen molar-refractivity contribution in [2.75, 3.05) is 59.7 Å². The number of carbonyl (C=O) groups excluding carboxylic acids is 2. The highest BCUT2D eigenvalue weighted by molar-refractivity contribution is 5.91. The van der Waals surface area contributed by atoms with Gasteiger partial charge in [-0.2, -0.15) is 0 Å². The molecule has 10 heteroatoms. The number of methoxy groups -OCH3 is 1. The van der Waals surface area contributed by atoms with E-state index in [1.807, 2.05) is 0 Å². The number of amides is 2. The number of benzene rings is 2. The molecule has 0 aliphatic carbocycles. The summed E-state index contributed by atoms with van der Waals surface area (Å²) in [6, 6.07) is 13.1. The zero-order chi connectivity index (χ0) is 24.2. The second-order valence-corrected chi connectivity index (χ2v) is 7.59. The first-order valence-corrected chi connectivity index (χ1v) is 11.1. The molecule has 0 spiro atoms. The Balaban J connectivity index is 1.29. The third kappa shape index (κ3) is 8.22. The van der Waals surface area contributed by atoms with Gasteiger partial charge >= 0.3 is 12.0 Å². The van der Waals surface area contributed by atoms with Crippen LogP contribution in [-0.4, -0.2) is 87.8 Å². The summed E-state index contributed by atoms with van der Waals surface area (Å²) in [5, 5.41) is 16.0. The van der Waals surface area contributed by atoms with Gasteiger partial charge in [-0.25, -0.2) is 9.59 Å². The normalized spacial score (nSPS) is 14.2. The Morgan fingerprint density at radius 3 is 2.32 bits per heavy atom. The fraction of sp³-hybridized carbons (Fsp3) is 0.417. The molecule has 1 atom stereocenters. The van der Waals surface area contributed by atoms with Gasteiger partial charge in [0.1, 0.15) is 30.0 Å². The van der Waals surface area contributed by atoms with Crippen LogP contribution >= 0.6 is 0 Å². The maximum absolute atomic E-state index is 12.2. The van der Waals surface area contributed by atoms with Crippen molar-refractivity contribution in [3.05, 3.63) is 54.1 Å². The standard InChI is InChI=1S/C24H31N3O7/c1-31-20-4-2-18(3-5-20)23(29)34-22-8-6-21(7-9-22)33-17-19(28)16-25-10-11-26-24(30)27-12-14-32-15-13-27/h2-9,19,25,28H,10-17H2,1H3,(H,26,30)/t19-/m0/s1. The number of hydrogen-bond donors (Lipinski definition) is 3. The van der Waals surface area contributed by atoms with E-state index in [1.165, 1.54) is 0 Å². The Labute approximate surface area is 198 Å². The van der Waals surface area contributed by atoms with Crippen molar-refractivity contribution in [2.24, 2.45) is 0 Å². The number of nitrogens with zero attached hydrogens (tertiary/aromatic N) is 1. The molecule has 0 bridgehead atoms. The largest absolute Gasteiger partial charge is 0.497 e. The van der Waals surface area contributed by atoms with Gasteiger partial charge in [-0.1, -0.05) is 0 Å². The number of hydrogen-bond acceptors (Lipinski definition) is 8. The van der Waals surface area contributed by atoms with Crippen LogP contribution in [0.4, 0.5) is 4.79 Å². The zero-order valence-electron chi connectivity index (χ0n) is 19.2. The Morgan fingerprint density at radius 2 is 1.65 bits per heavy atom. The number of carbonyl (C=O) groups is 2. The Bertz CT molecular complexity index is 900. The van der Waals surface area contributed by atoms with Gasteiger partial charge in [-0.15, -0.1) is 0 Å². The predicted octanol–water partition coefficient (Wildman–Crippen LogP) is 1.29. The molecule has 0 aromatic heterocycles. The number of ether oxygens (including phenoxy) is 4. The van der Waals surface area contributed by atoms with E-state index >= 15 is 0 Å². The van der Waals surface area contributed by atoms with Crippen LogP contribution in [0.2, 0.25) is 0 Å². The maximum atomic E-state index is 12.2. The minimum absolute atomic E-state index is 0.0954. The molecule has 1 aliphatic rings. The molecule has 1 saturated heterocycles. The van der Waals surface area contributed by atoms with Gasteiger partial charge in [-0.05, 0) is 48.5 Å². The van der Waals surface area contributed by atoms with Crippen LogP contribution in [0.1, 0.15) is 10.4 Å². The molecule has 3 N–H and O–H groups in total. The number of aliphatic hydroxyl groups is 1. The number of rotatable bonds is 11. The Hall–Kier alpha value is -3.34. The topological polar surface area (TPSA) is 119 Å². The minimum Gasteiger partial charge on any atom is -0.497 e. The van der Waals surface area contributed by atoms with Gasteiger partial charge in [0.2, 0.25) is 0 Å². The van der Waals surface area contributed by atoms with E-state index in [1.54, 1.807) is 60.5 Å². The van der Waals surface area contributed by atoms with Crippen LogP contribution in [0.5, 0.6) is 17.2 Å². The molecule has 3 rings (SSSR count). The molecule has 10 nitrogen and oxygen atoms in total. The fourth-order valence-corrected chi connectivity index (χ4v) is 3.15. The molecule has 1 heterocycles. The highest BCUT2D eigenvalue weighted by Crippen LogP contribution is 2.19. The number of morpholine rings is 1. The summed E-state index contributed by atoms with van der Waals surface area (Å²) in [7, 11) is 1.56. The summed E-state index contributed by atoms with van der Waals surface area (Å²) in [5.74, 6) is 1.11. The molecule has 2 aromatic carbocycles. The predicted molar refractivity (Wildman–Crippen MR) is 125 cm³/mol. The van der Waals surface area contributed by atoms with E-state index in [4.69, 9.17) is 18.9 Å². The second kappa shape index (κ2) is 13.4. The SMILES string of the molecule is COc1ccc(C(=O)Oc2ccc(OC[C@@H](O)CNCCNC(=O)N3CCOCC3)cc2)cc1. The first-order valence-electron chi connectivity index (χ1n) is 11.1. The van der Waals surface area contributed by atoms with Crippen molar-refractivity contribution in [1.29, 1.82) is 0 Å². The van der Waals surface area contributed by atoms with Crippen LogP contribution < -0.4 is 24.8 Å². The van der Waals surface area contributed by atoms with Gasteiger partial charge in [0.25, 0.3) is 0 Å². The lowest BCUT2D eigenvalue weighted by molar-refractivity contribution is 0.0532. The number of nitrogens with one attached hydrogen (secondary N) is 2. The second-order valence-electron chi connectivity index (χ2n) is 7.59. The van der Waals surface area contributed by atoms with Crippen molar-refractivity contribution in [1.82, 2.24) is 15.5 Å². The summed E-state index contributed by atoms with van der Waals surface area (Å²) in [5.41, 5.74) is 0.414. The fourth-order valence-electron chi connectivity index (χ4n) is 3.15. The molecule has 2 amide bonds. The summed E-state index contributed by atoms with van der Waals surface area (Å²) < 4.78 is 21.2. The molecular weight excluding hydrogens is 442 g/mol. The molecule has 0 unspecified atom stereocenters. The molecule has 0 saturated carbocycles. The summed E-state index contributed by atoms with van der Waals surface area (Å²) in [6.07, 6.45) is -0.720. The molecule has 2 aromatic rings.